The number of carbonyl (C=O) groups is 1. The van der Waals surface area contributed by atoms with Crippen LogP contribution in [0.1, 0.15) is 27.2 Å². The number of nitrogens with zero attached hydrogens (tertiary/aromatic N) is 2. The lowest BCUT2D eigenvalue weighted by Crippen LogP contribution is -2.12. The monoisotopic (exact) mass is 418 g/mol. The van der Waals surface area contributed by atoms with Crippen LogP contribution in [0.2, 0.25) is 10.0 Å². The summed E-state index contributed by atoms with van der Waals surface area (Å²) >= 11 is 13.5. The molecule has 0 aliphatic carbocycles. The smallest absolute Gasteiger partial charge is 0.364 e. The number of esters is 1. The Bertz CT molecular complexity index is 995. The van der Waals surface area contributed by atoms with Crippen molar-refractivity contribution < 1.29 is 9.53 Å². The zero-order chi connectivity index (χ0) is 19.4. The molecule has 0 unspecified atom stereocenters. The van der Waals surface area contributed by atoms with E-state index in [2.05, 4.69) is 16.0 Å². The first-order valence-corrected chi connectivity index (χ1v) is 9.86. The van der Waals surface area contributed by atoms with Crippen LogP contribution in [-0.4, -0.2) is 15.9 Å². The highest BCUT2D eigenvalue weighted by Crippen LogP contribution is 2.25. The summed E-state index contributed by atoms with van der Waals surface area (Å²) in [6.07, 6.45) is 1.41. The summed E-state index contributed by atoms with van der Waals surface area (Å²) < 4.78 is 5.37. The normalized spacial score (nSPS) is 10.7. The van der Waals surface area contributed by atoms with Crippen LogP contribution in [0, 0.1) is 13.8 Å². The Kier molecular flexibility index (Phi) is 6.37. The van der Waals surface area contributed by atoms with Crippen LogP contribution in [0.4, 0.5) is 0 Å². The van der Waals surface area contributed by atoms with Gasteiger partial charge in [0.25, 0.3) is 0 Å². The van der Waals surface area contributed by atoms with Gasteiger partial charge in [0, 0.05) is 10.8 Å². The van der Waals surface area contributed by atoms with Gasteiger partial charge in [-0.3, -0.25) is 0 Å². The van der Waals surface area contributed by atoms with E-state index in [1.54, 1.807) is 18.2 Å². The molecule has 4 nitrogen and oxygen atoms in total. The summed E-state index contributed by atoms with van der Waals surface area (Å²) in [7, 11) is 0. The molecule has 1 aromatic heterocycles. The first-order chi connectivity index (χ1) is 12.9. The molecule has 0 radical (unpaired) electrons. The third-order valence-electron chi connectivity index (χ3n) is 3.71. The van der Waals surface area contributed by atoms with Gasteiger partial charge in [0.2, 0.25) is 0 Å². The minimum atomic E-state index is -0.637. The molecule has 3 aromatic rings. The first-order valence-electron chi connectivity index (χ1n) is 8.11. The van der Waals surface area contributed by atoms with Crippen LogP contribution in [0.5, 0.6) is 5.75 Å². The average molecular weight is 419 g/mol. The highest BCUT2D eigenvalue weighted by atomic mass is 35.5. The van der Waals surface area contributed by atoms with Gasteiger partial charge in [0.1, 0.15) is 5.75 Å². The fourth-order valence-electron chi connectivity index (χ4n) is 2.35. The standard InChI is InChI=1S/C20H16Cl2N2O2S/c1-12-4-3-5-14(8-12)11-27-20-23-10-17(22)18(24-20)19(25)26-15-6-7-16(21)13(2)9-15/h3-10H,11H2,1-2H3. The summed E-state index contributed by atoms with van der Waals surface area (Å²) in [4.78, 5) is 20.9. The van der Waals surface area contributed by atoms with E-state index in [0.29, 0.717) is 21.7 Å². The summed E-state index contributed by atoms with van der Waals surface area (Å²) in [6, 6.07) is 13.2. The Morgan fingerprint density at radius 3 is 2.67 bits per heavy atom. The summed E-state index contributed by atoms with van der Waals surface area (Å²) in [6.45, 7) is 3.87. The highest BCUT2D eigenvalue weighted by molar-refractivity contribution is 7.98. The molecule has 0 aliphatic rings. The van der Waals surface area contributed by atoms with Crippen molar-refractivity contribution in [2.75, 3.05) is 0 Å². The molecular weight excluding hydrogens is 403 g/mol. The Labute approximate surface area is 171 Å². The molecule has 0 saturated heterocycles. The number of aromatic nitrogens is 2. The van der Waals surface area contributed by atoms with Crippen molar-refractivity contribution >= 4 is 40.9 Å². The molecule has 3 rings (SSSR count). The van der Waals surface area contributed by atoms with Crippen LogP contribution in [0.3, 0.4) is 0 Å². The van der Waals surface area contributed by atoms with Crippen molar-refractivity contribution in [2.45, 2.75) is 24.8 Å². The van der Waals surface area contributed by atoms with Crippen molar-refractivity contribution in [2.24, 2.45) is 0 Å². The lowest BCUT2D eigenvalue weighted by atomic mass is 10.2. The van der Waals surface area contributed by atoms with Crippen molar-refractivity contribution in [1.82, 2.24) is 9.97 Å². The fourth-order valence-corrected chi connectivity index (χ4v) is 3.39. The summed E-state index contributed by atoms with van der Waals surface area (Å²) in [5.41, 5.74) is 3.18. The number of hydrogen-bond donors (Lipinski definition) is 0. The quantitative estimate of drug-likeness (QED) is 0.223. The van der Waals surface area contributed by atoms with Gasteiger partial charge in [-0.1, -0.05) is 64.8 Å². The molecule has 138 valence electrons. The van der Waals surface area contributed by atoms with Gasteiger partial charge in [-0.25, -0.2) is 14.8 Å². The van der Waals surface area contributed by atoms with E-state index in [-0.39, 0.29) is 10.7 Å². The molecule has 7 heteroatoms. The lowest BCUT2D eigenvalue weighted by molar-refractivity contribution is 0.0727. The maximum atomic E-state index is 12.5. The number of carbonyl (C=O) groups excluding carboxylic acids is 1. The van der Waals surface area contributed by atoms with E-state index < -0.39 is 5.97 Å². The lowest BCUT2D eigenvalue weighted by Gasteiger charge is -2.08. The molecule has 27 heavy (non-hydrogen) atoms. The predicted molar refractivity (Wildman–Crippen MR) is 109 cm³/mol. The van der Waals surface area contributed by atoms with E-state index in [0.717, 1.165) is 11.1 Å². The molecule has 0 N–H and O–H groups in total. The number of rotatable bonds is 5. The van der Waals surface area contributed by atoms with Gasteiger partial charge in [-0.05, 0) is 43.2 Å². The van der Waals surface area contributed by atoms with Crippen molar-refractivity contribution in [1.29, 1.82) is 0 Å². The Morgan fingerprint density at radius 1 is 1.11 bits per heavy atom. The minimum absolute atomic E-state index is 0.0333. The molecule has 0 fully saturated rings. The van der Waals surface area contributed by atoms with Crippen LogP contribution in [0.25, 0.3) is 0 Å². The first kappa shape index (κ1) is 19.7. The topological polar surface area (TPSA) is 52.1 Å². The number of ether oxygens (including phenoxy) is 1. The highest BCUT2D eigenvalue weighted by Gasteiger charge is 2.17. The van der Waals surface area contributed by atoms with Crippen LogP contribution < -0.4 is 4.74 Å². The molecule has 0 aliphatic heterocycles. The fraction of sp³-hybridized carbons (Fsp3) is 0.150. The minimum Gasteiger partial charge on any atom is -0.422 e. The zero-order valence-electron chi connectivity index (χ0n) is 14.7. The number of halogens is 2. The molecule has 0 bridgehead atoms. The van der Waals surface area contributed by atoms with E-state index in [1.165, 1.54) is 23.5 Å². The molecule has 0 atom stereocenters. The molecule has 1 heterocycles. The van der Waals surface area contributed by atoms with E-state index >= 15 is 0 Å². The SMILES string of the molecule is Cc1cccc(CSc2ncc(Cl)c(C(=O)Oc3ccc(Cl)c(C)c3)n2)c1. The molecule has 0 spiro atoms. The predicted octanol–water partition coefficient (Wildman–Crippen LogP) is 5.91. The second kappa shape index (κ2) is 8.74. The van der Waals surface area contributed by atoms with Gasteiger partial charge in [0.15, 0.2) is 10.9 Å². The third kappa shape index (κ3) is 5.22. The van der Waals surface area contributed by atoms with E-state index in [4.69, 9.17) is 27.9 Å². The maximum absolute atomic E-state index is 12.5. The van der Waals surface area contributed by atoms with E-state index in [9.17, 15) is 4.79 Å². The molecular formula is C20H16Cl2N2O2S. The van der Waals surface area contributed by atoms with Crippen molar-refractivity contribution in [3.63, 3.8) is 0 Å². The molecule has 0 saturated carbocycles. The average Bonchev–Trinajstić information content (AvgIpc) is 2.64. The number of benzene rings is 2. The van der Waals surface area contributed by atoms with Crippen LogP contribution in [-0.2, 0) is 5.75 Å². The van der Waals surface area contributed by atoms with Gasteiger partial charge in [-0.2, -0.15) is 0 Å². The maximum Gasteiger partial charge on any atom is 0.364 e. The molecule has 0 amide bonds. The molecule has 2 aromatic carbocycles. The van der Waals surface area contributed by atoms with Crippen LogP contribution >= 0.6 is 35.0 Å². The Balaban J connectivity index is 1.74. The second-order valence-corrected chi connectivity index (χ2v) is 7.68. The van der Waals surface area contributed by atoms with Gasteiger partial charge in [-0.15, -0.1) is 0 Å². The van der Waals surface area contributed by atoms with Crippen molar-refractivity contribution in [3.8, 4) is 5.75 Å². The summed E-state index contributed by atoms with van der Waals surface area (Å²) in [5, 5.41) is 1.20. The number of hydrogen-bond acceptors (Lipinski definition) is 5. The van der Waals surface area contributed by atoms with E-state index in [1.807, 2.05) is 32.0 Å². The van der Waals surface area contributed by atoms with Crippen LogP contribution in [0.15, 0.2) is 53.8 Å². The number of aryl methyl sites for hydroxylation is 2. The Hall–Kier alpha value is -2.08. The number of thioether (sulfide) groups is 1. The van der Waals surface area contributed by atoms with Gasteiger partial charge < -0.3 is 4.74 Å². The van der Waals surface area contributed by atoms with Crippen molar-refractivity contribution in [3.05, 3.63) is 81.1 Å². The second-order valence-electron chi connectivity index (χ2n) is 5.93. The largest absolute Gasteiger partial charge is 0.422 e. The van der Waals surface area contributed by atoms with Gasteiger partial charge >= 0.3 is 5.97 Å². The Morgan fingerprint density at radius 2 is 1.93 bits per heavy atom. The third-order valence-corrected chi connectivity index (χ3v) is 5.34. The summed E-state index contributed by atoms with van der Waals surface area (Å²) in [5.74, 6) is 0.431. The zero-order valence-corrected chi connectivity index (χ0v) is 17.0. The van der Waals surface area contributed by atoms with Gasteiger partial charge in [0.05, 0.1) is 11.2 Å².